The Labute approximate surface area is 118 Å². The first-order valence-corrected chi connectivity index (χ1v) is 6.63. The van der Waals surface area contributed by atoms with E-state index in [4.69, 9.17) is 10.8 Å². The van der Waals surface area contributed by atoms with Crippen LogP contribution in [0.1, 0.15) is 11.1 Å². The van der Waals surface area contributed by atoms with Gasteiger partial charge in [-0.25, -0.2) is 10.8 Å². The van der Waals surface area contributed by atoms with Crippen LogP contribution in [0, 0.1) is 13.8 Å². The highest BCUT2D eigenvalue weighted by Crippen LogP contribution is 2.31. The molecule has 0 aliphatic heterocycles. The third-order valence-corrected chi connectivity index (χ3v) is 3.73. The Bertz CT molecular complexity index is 764. The SMILES string of the molecule is Cc1ccc2cc(-c3ccccc3)c(NN)nc2c1C. The predicted molar refractivity (Wildman–Crippen MR) is 84.5 cm³/mol. The second-order valence-electron chi connectivity index (χ2n) is 4.97. The molecular weight excluding hydrogens is 246 g/mol. The van der Waals surface area contributed by atoms with Crippen molar-refractivity contribution >= 4 is 16.7 Å². The molecule has 0 spiro atoms. The molecule has 2 aromatic carbocycles. The van der Waals surface area contributed by atoms with E-state index in [1.807, 2.05) is 18.2 Å². The monoisotopic (exact) mass is 263 g/mol. The van der Waals surface area contributed by atoms with Gasteiger partial charge in [0.15, 0.2) is 0 Å². The minimum Gasteiger partial charge on any atom is -0.308 e. The van der Waals surface area contributed by atoms with Crippen LogP contribution in [0.25, 0.3) is 22.0 Å². The number of hydrazine groups is 1. The molecule has 0 fully saturated rings. The molecule has 20 heavy (non-hydrogen) atoms. The third kappa shape index (κ3) is 2.02. The van der Waals surface area contributed by atoms with Crippen LogP contribution < -0.4 is 11.3 Å². The lowest BCUT2D eigenvalue weighted by atomic mass is 10.0. The molecule has 1 heterocycles. The van der Waals surface area contributed by atoms with Gasteiger partial charge in [-0.3, -0.25) is 0 Å². The minimum absolute atomic E-state index is 0.706. The summed E-state index contributed by atoms with van der Waals surface area (Å²) < 4.78 is 0. The van der Waals surface area contributed by atoms with Crippen molar-refractivity contribution in [2.24, 2.45) is 5.84 Å². The average molecular weight is 263 g/mol. The second-order valence-corrected chi connectivity index (χ2v) is 4.97. The van der Waals surface area contributed by atoms with Gasteiger partial charge >= 0.3 is 0 Å². The number of nitrogens with two attached hydrogens (primary N) is 1. The molecule has 0 aliphatic rings. The zero-order chi connectivity index (χ0) is 14.1. The molecule has 0 aliphatic carbocycles. The molecule has 1 aromatic heterocycles. The number of hydrogen-bond acceptors (Lipinski definition) is 3. The molecule has 0 bridgehead atoms. The first-order valence-electron chi connectivity index (χ1n) is 6.63. The highest BCUT2D eigenvalue weighted by Gasteiger charge is 2.10. The van der Waals surface area contributed by atoms with Crippen molar-refractivity contribution in [2.45, 2.75) is 13.8 Å². The van der Waals surface area contributed by atoms with Crippen molar-refractivity contribution in [3.8, 4) is 11.1 Å². The highest BCUT2D eigenvalue weighted by atomic mass is 15.2. The van der Waals surface area contributed by atoms with Crippen LogP contribution in [0.4, 0.5) is 5.82 Å². The molecular formula is C17H17N3. The van der Waals surface area contributed by atoms with Crippen LogP contribution in [-0.4, -0.2) is 4.98 Å². The fourth-order valence-electron chi connectivity index (χ4n) is 2.43. The van der Waals surface area contributed by atoms with Crippen LogP contribution >= 0.6 is 0 Å². The molecule has 3 aromatic rings. The number of rotatable bonds is 2. The van der Waals surface area contributed by atoms with Gasteiger partial charge in [0.1, 0.15) is 5.82 Å². The molecule has 0 unspecified atom stereocenters. The average Bonchev–Trinajstić information content (AvgIpc) is 2.51. The number of nitrogens with one attached hydrogen (secondary N) is 1. The molecule has 100 valence electrons. The van der Waals surface area contributed by atoms with Crippen LogP contribution in [0.15, 0.2) is 48.5 Å². The summed E-state index contributed by atoms with van der Waals surface area (Å²) in [4.78, 5) is 4.69. The largest absolute Gasteiger partial charge is 0.308 e. The van der Waals surface area contributed by atoms with Gasteiger partial charge in [-0.2, -0.15) is 0 Å². The van der Waals surface area contributed by atoms with Gasteiger partial charge in [-0.05, 0) is 36.6 Å². The van der Waals surface area contributed by atoms with Crippen LogP contribution in [-0.2, 0) is 0 Å². The number of anilines is 1. The quantitative estimate of drug-likeness (QED) is 0.546. The van der Waals surface area contributed by atoms with Gasteiger partial charge in [-0.15, -0.1) is 0 Å². The summed E-state index contributed by atoms with van der Waals surface area (Å²) in [5.41, 5.74) is 8.27. The maximum atomic E-state index is 5.65. The lowest BCUT2D eigenvalue weighted by molar-refractivity contribution is 1.24. The normalized spacial score (nSPS) is 10.8. The van der Waals surface area contributed by atoms with E-state index >= 15 is 0 Å². The van der Waals surface area contributed by atoms with E-state index < -0.39 is 0 Å². The van der Waals surface area contributed by atoms with E-state index in [1.54, 1.807) is 0 Å². The van der Waals surface area contributed by atoms with Gasteiger partial charge in [0.25, 0.3) is 0 Å². The maximum absolute atomic E-state index is 5.65. The lowest BCUT2D eigenvalue weighted by Gasteiger charge is -2.12. The van der Waals surface area contributed by atoms with Gasteiger partial charge in [-0.1, -0.05) is 42.5 Å². The van der Waals surface area contributed by atoms with E-state index in [2.05, 4.69) is 49.6 Å². The summed E-state index contributed by atoms with van der Waals surface area (Å²) >= 11 is 0. The summed E-state index contributed by atoms with van der Waals surface area (Å²) in [5.74, 6) is 6.36. The van der Waals surface area contributed by atoms with Crippen molar-refractivity contribution in [2.75, 3.05) is 5.43 Å². The van der Waals surface area contributed by atoms with Gasteiger partial charge in [0.05, 0.1) is 5.52 Å². The molecule has 0 radical (unpaired) electrons. The smallest absolute Gasteiger partial charge is 0.148 e. The van der Waals surface area contributed by atoms with Crippen molar-refractivity contribution < 1.29 is 0 Å². The summed E-state index contributed by atoms with van der Waals surface area (Å²) in [6.07, 6.45) is 0. The Hall–Kier alpha value is -2.39. The van der Waals surface area contributed by atoms with Gasteiger partial charge in [0, 0.05) is 10.9 Å². The van der Waals surface area contributed by atoms with Crippen molar-refractivity contribution in [3.05, 3.63) is 59.7 Å². The number of hydrogen-bond donors (Lipinski definition) is 2. The van der Waals surface area contributed by atoms with Gasteiger partial charge in [0.2, 0.25) is 0 Å². The Balaban J connectivity index is 2.31. The molecule has 3 rings (SSSR count). The number of fused-ring (bicyclic) bond motifs is 1. The molecule has 3 heteroatoms. The number of aryl methyl sites for hydroxylation is 2. The predicted octanol–water partition coefficient (Wildman–Crippen LogP) is 3.80. The van der Waals surface area contributed by atoms with Crippen molar-refractivity contribution in [3.63, 3.8) is 0 Å². The molecule has 3 nitrogen and oxygen atoms in total. The number of nitrogens with zero attached hydrogens (tertiary/aromatic N) is 1. The molecule has 3 N–H and O–H groups in total. The second kappa shape index (κ2) is 4.94. The molecule has 0 amide bonds. The summed E-state index contributed by atoms with van der Waals surface area (Å²) in [6.45, 7) is 4.18. The van der Waals surface area contributed by atoms with Gasteiger partial charge < -0.3 is 5.43 Å². The summed E-state index contributed by atoms with van der Waals surface area (Å²) in [6, 6.07) is 16.5. The summed E-state index contributed by atoms with van der Waals surface area (Å²) in [5, 5.41) is 1.13. The molecule has 0 atom stereocenters. The Morgan fingerprint density at radius 2 is 1.75 bits per heavy atom. The highest BCUT2D eigenvalue weighted by molar-refractivity contribution is 5.91. The molecule has 0 saturated heterocycles. The van der Waals surface area contributed by atoms with Crippen molar-refractivity contribution in [1.29, 1.82) is 0 Å². The van der Waals surface area contributed by atoms with E-state index in [0.29, 0.717) is 5.82 Å². The zero-order valence-corrected chi connectivity index (χ0v) is 11.6. The first kappa shape index (κ1) is 12.6. The zero-order valence-electron chi connectivity index (χ0n) is 11.6. The summed E-state index contributed by atoms with van der Waals surface area (Å²) in [7, 11) is 0. The Morgan fingerprint density at radius 1 is 1.00 bits per heavy atom. The minimum atomic E-state index is 0.706. The Kier molecular flexibility index (Phi) is 3.12. The number of nitrogen functional groups attached to an aromatic ring is 1. The van der Waals surface area contributed by atoms with E-state index in [-0.39, 0.29) is 0 Å². The number of pyridine rings is 1. The number of aromatic nitrogens is 1. The van der Waals surface area contributed by atoms with Crippen molar-refractivity contribution in [1.82, 2.24) is 4.98 Å². The van der Waals surface area contributed by atoms with Crippen LogP contribution in [0.2, 0.25) is 0 Å². The first-order chi connectivity index (χ1) is 9.70. The number of benzene rings is 2. The van der Waals surface area contributed by atoms with E-state index in [1.165, 1.54) is 11.1 Å². The third-order valence-electron chi connectivity index (χ3n) is 3.73. The lowest BCUT2D eigenvalue weighted by Crippen LogP contribution is -2.10. The maximum Gasteiger partial charge on any atom is 0.148 e. The topological polar surface area (TPSA) is 50.9 Å². The molecule has 0 saturated carbocycles. The fraction of sp³-hybridized carbons (Fsp3) is 0.118. The fourth-order valence-corrected chi connectivity index (χ4v) is 2.43. The Morgan fingerprint density at radius 3 is 2.45 bits per heavy atom. The van der Waals surface area contributed by atoms with Crippen LogP contribution in [0.3, 0.4) is 0 Å². The standard InChI is InChI=1S/C17H17N3/c1-11-8-9-14-10-15(13-6-4-3-5-7-13)17(20-18)19-16(14)12(11)2/h3-10H,18H2,1-2H3,(H,19,20). The van der Waals surface area contributed by atoms with E-state index in [9.17, 15) is 0 Å². The van der Waals surface area contributed by atoms with Crippen LogP contribution in [0.5, 0.6) is 0 Å². The van der Waals surface area contributed by atoms with E-state index in [0.717, 1.165) is 22.0 Å².